The first-order valence-electron chi connectivity index (χ1n) is 7.27. The molecule has 3 aromatic rings. The third-order valence-electron chi connectivity index (χ3n) is 3.97. The lowest BCUT2D eigenvalue weighted by atomic mass is 10.0. The van der Waals surface area contributed by atoms with Gasteiger partial charge in [-0.15, -0.1) is 0 Å². The van der Waals surface area contributed by atoms with Crippen LogP contribution in [-0.2, 0) is 6.42 Å². The number of aryl methyl sites for hydroxylation is 1. The Labute approximate surface area is 131 Å². The summed E-state index contributed by atoms with van der Waals surface area (Å²) in [6.45, 7) is 1.95. The number of fused-ring (bicyclic) bond motifs is 2. The first kappa shape index (κ1) is 13.7. The Morgan fingerprint density at radius 3 is 2.87 bits per heavy atom. The Morgan fingerprint density at radius 1 is 1.22 bits per heavy atom. The van der Waals surface area contributed by atoms with Crippen molar-refractivity contribution in [1.82, 2.24) is 9.97 Å². The van der Waals surface area contributed by atoms with Gasteiger partial charge in [0.15, 0.2) is 0 Å². The van der Waals surface area contributed by atoms with E-state index >= 15 is 0 Å². The maximum absolute atomic E-state index is 13.3. The molecule has 1 aliphatic rings. The molecular formula is C18H13FN2O2. The summed E-state index contributed by atoms with van der Waals surface area (Å²) < 4.78 is 19.1. The molecule has 0 radical (unpaired) electrons. The summed E-state index contributed by atoms with van der Waals surface area (Å²) in [6, 6.07) is 11.9. The Hall–Kier alpha value is -2.95. The predicted octanol–water partition coefficient (Wildman–Crippen LogP) is 3.58. The number of aromatic nitrogens is 2. The number of nitrogens with zero attached hydrogens (tertiary/aromatic N) is 1. The molecule has 2 heterocycles. The second-order valence-corrected chi connectivity index (χ2v) is 5.54. The molecule has 0 amide bonds. The van der Waals surface area contributed by atoms with Gasteiger partial charge in [-0.1, -0.05) is 24.3 Å². The fourth-order valence-corrected chi connectivity index (χ4v) is 2.76. The Kier molecular flexibility index (Phi) is 3.01. The van der Waals surface area contributed by atoms with Gasteiger partial charge >= 0.3 is 0 Å². The minimum Gasteiger partial charge on any atom is -0.438 e. The van der Waals surface area contributed by atoms with Crippen LogP contribution in [0.3, 0.4) is 0 Å². The highest BCUT2D eigenvalue weighted by Crippen LogP contribution is 2.34. The van der Waals surface area contributed by atoms with Gasteiger partial charge in [-0.2, -0.15) is 4.98 Å². The van der Waals surface area contributed by atoms with Crippen LogP contribution in [0.5, 0.6) is 11.6 Å². The molecule has 0 unspecified atom stereocenters. The number of rotatable bonds is 1. The first-order chi connectivity index (χ1) is 11.1. The molecule has 0 atom stereocenters. The first-order valence-corrected chi connectivity index (χ1v) is 7.27. The van der Waals surface area contributed by atoms with Gasteiger partial charge in [0.1, 0.15) is 17.4 Å². The van der Waals surface area contributed by atoms with Crippen molar-refractivity contribution in [2.24, 2.45) is 0 Å². The van der Waals surface area contributed by atoms with Crippen molar-refractivity contribution < 1.29 is 9.13 Å². The molecular weight excluding hydrogens is 295 g/mol. The van der Waals surface area contributed by atoms with E-state index in [0.29, 0.717) is 29.1 Å². The highest BCUT2D eigenvalue weighted by Gasteiger charge is 2.23. The van der Waals surface area contributed by atoms with Gasteiger partial charge < -0.3 is 9.72 Å². The molecule has 0 spiro atoms. The van der Waals surface area contributed by atoms with Crippen molar-refractivity contribution in [1.29, 1.82) is 0 Å². The summed E-state index contributed by atoms with van der Waals surface area (Å²) in [7, 11) is 0. The topological polar surface area (TPSA) is 55.0 Å². The smallest absolute Gasteiger partial charge is 0.258 e. The lowest BCUT2D eigenvalue weighted by Crippen LogP contribution is -2.20. The predicted molar refractivity (Wildman–Crippen MR) is 84.3 cm³/mol. The van der Waals surface area contributed by atoms with E-state index in [-0.39, 0.29) is 17.3 Å². The SMILES string of the molecule is Cc1ccccc1-c1nc2c(c(=O)[nH]1)Cc1cc(F)ccc1O2. The molecule has 0 aliphatic carbocycles. The van der Waals surface area contributed by atoms with Gasteiger partial charge in [-0.05, 0) is 30.7 Å². The Balaban J connectivity index is 1.85. The van der Waals surface area contributed by atoms with E-state index in [1.807, 2.05) is 31.2 Å². The fraction of sp³-hybridized carbons (Fsp3) is 0.111. The largest absolute Gasteiger partial charge is 0.438 e. The van der Waals surface area contributed by atoms with E-state index in [1.165, 1.54) is 12.1 Å². The summed E-state index contributed by atoms with van der Waals surface area (Å²) >= 11 is 0. The number of hydrogen-bond donors (Lipinski definition) is 1. The van der Waals surface area contributed by atoms with E-state index in [0.717, 1.165) is 11.1 Å². The van der Waals surface area contributed by atoms with Gasteiger partial charge in [-0.3, -0.25) is 4.79 Å². The summed E-state index contributed by atoms with van der Waals surface area (Å²) in [6.07, 6.45) is 0.304. The van der Waals surface area contributed by atoms with E-state index < -0.39 is 0 Å². The van der Waals surface area contributed by atoms with Gasteiger partial charge in [0.25, 0.3) is 5.56 Å². The molecule has 5 heteroatoms. The standard InChI is InChI=1S/C18H13FN2O2/c1-10-4-2-3-5-13(10)16-20-17(22)14-9-11-8-12(19)6-7-15(11)23-18(14)21-16/h2-8H,9H2,1H3,(H,20,21,22). The summed E-state index contributed by atoms with van der Waals surface area (Å²) in [4.78, 5) is 19.6. The number of aromatic amines is 1. The van der Waals surface area contributed by atoms with Crippen LogP contribution in [0.4, 0.5) is 4.39 Å². The van der Waals surface area contributed by atoms with Crippen molar-refractivity contribution in [2.75, 3.05) is 0 Å². The van der Waals surface area contributed by atoms with Gasteiger partial charge in [0, 0.05) is 17.5 Å². The average molecular weight is 308 g/mol. The van der Waals surface area contributed by atoms with Crippen molar-refractivity contribution in [3.63, 3.8) is 0 Å². The minimum atomic E-state index is -0.350. The van der Waals surface area contributed by atoms with Crippen LogP contribution in [0.2, 0.25) is 0 Å². The highest BCUT2D eigenvalue weighted by atomic mass is 19.1. The van der Waals surface area contributed by atoms with Crippen molar-refractivity contribution >= 4 is 0 Å². The van der Waals surface area contributed by atoms with E-state index in [9.17, 15) is 9.18 Å². The van der Waals surface area contributed by atoms with Crippen molar-refractivity contribution in [2.45, 2.75) is 13.3 Å². The Bertz CT molecular complexity index is 979. The maximum atomic E-state index is 13.3. The van der Waals surface area contributed by atoms with E-state index in [1.54, 1.807) is 6.07 Å². The molecule has 0 saturated carbocycles. The minimum absolute atomic E-state index is 0.261. The van der Waals surface area contributed by atoms with Gasteiger partial charge in [0.2, 0.25) is 5.88 Å². The van der Waals surface area contributed by atoms with Gasteiger partial charge in [0.05, 0.1) is 5.56 Å². The van der Waals surface area contributed by atoms with Crippen LogP contribution in [0.15, 0.2) is 47.3 Å². The fourth-order valence-electron chi connectivity index (χ4n) is 2.76. The van der Waals surface area contributed by atoms with Crippen LogP contribution >= 0.6 is 0 Å². The third-order valence-corrected chi connectivity index (χ3v) is 3.97. The lowest BCUT2D eigenvalue weighted by molar-refractivity contribution is 0.436. The molecule has 23 heavy (non-hydrogen) atoms. The molecule has 0 bridgehead atoms. The summed E-state index contributed by atoms with van der Waals surface area (Å²) in [5.74, 6) is 0.938. The van der Waals surface area contributed by atoms with E-state index in [4.69, 9.17) is 4.74 Å². The molecule has 4 rings (SSSR count). The van der Waals surface area contributed by atoms with Gasteiger partial charge in [-0.25, -0.2) is 4.39 Å². The zero-order chi connectivity index (χ0) is 16.0. The Morgan fingerprint density at radius 2 is 2.04 bits per heavy atom. The molecule has 2 aromatic carbocycles. The van der Waals surface area contributed by atoms with Crippen molar-refractivity contribution in [3.8, 4) is 23.0 Å². The molecule has 114 valence electrons. The molecule has 1 N–H and O–H groups in total. The second kappa shape index (κ2) is 5.05. The average Bonchev–Trinajstić information content (AvgIpc) is 2.54. The van der Waals surface area contributed by atoms with Crippen LogP contribution in [0.25, 0.3) is 11.4 Å². The zero-order valence-electron chi connectivity index (χ0n) is 12.4. The number of benzene rings is 2. The third kappa shape index (κ3) is 2.30. The molecule has 1 aliphatic heterocycles. The number of H-pyrrole nitrogens is 1. The lowest BCUT2D eigenvalue weighted by Gasteiger charge is -2.19. The molecule has 1 aromatic heterocycles. The number of hydrogen-bond acceptors (Lipinski definition) is 3. The van der Waals surface area contributed by atoms with Crippen LogP contribution in [0, 0.1) is 12.7 Å². The monoisotopic (exact) mass is 308 g/mol. The van der Waals surface area contributed by atoms with Crippen LogP contribution < -0.4 is 10.3 Å². The van der Waals surface area contributed by atoms with Crippen LogP contribution in [0.1, 0.15) is 16.7 Å². The van der Waals surface area contributed by atoms with Crippen LogP contribution in [-0.4, -0.2) is 9.97 Å². The number of halogens is 1. The van der Waals surface area contributed by atoms with Crippen molar-refractivity contribution in [3.05, 3.63) is 75.3 Å². The maximum Gasteiger partial charge on any atom is 0.258 e. The number of nitrogens with one attached hydrogen (secondary N) is 1. The molecule has 0 saturated heterocycles. The molecule has 0 fully saturated rings. The normalized spacial score (nSPS) is 12.3. The number of ether oxygens (including phenoxy) is 1. The summed E-state index contributed by atoms with van der Waals surface area (Å²) in [5.41, 5.74) is 2.66. The summed E-state index contributed by atoms with van der Waals surface area (Å²) in [5, 5.41) is 0. The second-order valence-electron chi connectivity index (χ2n) is 5.54. The van der Waals surface area contributed by atoms with E-state index in [2.05, 4.69) is 9.97 Å². The quantitative estimate of drug-likeness (QED) is 0.585. The molecule has 4 nitrogen and oxygen atoms in total. The zero-order valence-corrected chi connectivity index (χ0v) is 12.4. The highest BCUT2D eigenvalue weighted by molar-refractivity contribution is 5.61.